The number of hydrogen-bond donors (Lipinski definition) is 4. The summed E-state index contributed by atoms with van der Waals surface area (Å²) in [6.07, 6.45) is 5.31. The van der Waals surface area contributed by atoms with Crippen molar-refractivity contribution >= 4 is 40.8 Å². The van der Waals surface area contributed by atoms with Crippen LogP contribution in [0.25, 0.3) is 11.1 Å². The number of nitriles is 1. The first kappa shape index (κ1) is 44.6. The second kappa shape index (κ2) is 21.2. The molecule has 8 rings (SSSR count). The van der Waals surface area contributed by atoms with Gasteiger partial charge in [0.25, 0.3) is 0 Å². The highest BCUT2D eigenvalue weighted by Gasteiger charge is 2.29. The van der Waals surface area contributed by atoms with Gasteiger partial charge < -0.3 is 25.8 Å². The Morgan fingerprint density at radius 3 is 2.23 bits per heavy atom. The first-order valence-electron chi connectivity index (χ1n) is 22.5. The molecule has 2 unspecified atom stereocenters. The predicted molar refractivity (Wildman–Crippen MR) is 248 cm³/mol. The topological polar surface area (TPSA) is 163 Å². The molecule has 4 amide bonds. The van der Waals surface area contributed by atoms with Crippen LogP contribution in [0.4, 0.5) is 21.6 Å². The van der Waals surface area contributed by atoms with Crippen LogP contribution in [0.5, 0.6) is 0 Å². The van der Waals surface area contributed by atoms with Crippen LogP contribution in [0.2, 0.25) is 0 Å². The fraction of sp³-hybridized carbons (Fsp3) is 0.333. The molecule has 3 fully saturated rings. The van der Waals surface area contributed by atoms with E-state index in [2.05, 4.69) is 42.1 Å². The number of pyridine rings is 1. The highest BCUT2D eigenvalue weighted by molar-refractivity contribution is 6.01. The van der Waals surface area contributed by atoms with Crippen LogP contribution in [-0.4, -0.2) is 96.8 Å². The molecule has 0 bridgehead atoms. The first-order chi connectivity index (χ1) is 31.7. The molecule has 1 aromatic heterocycles. The maximum Gasteiger partial charge on any atom is 0.249 e. The molecule has 3 saturated heterocycles. The molecule has 5 aromatic rings. The van der Waals surface area contributed by atoms with Gasteiger partial charge in [0.1, 0.15) is 23.7 Å². The van der Waals surface area contributed by atoms with Gasteiger partial charge in [0.15, 0.2) is 0 Å². The molecular formula is C51H54FN9O4. The number of carbonyl (C=O) groups excluding carboxylic acids is 4. The molecule has 0 saturated carbocycles. The van der Waals surface area contributed by atoms with Crippen LogP contribution in [0, 0.1) is 23.1 Å². The van der Waals surface area contributed by atoms with Crippen LogP contribution >= 0.6 is 0 Å². The van der Waals surface area contributed by atoms with E-state index < -0.39 is 12.1 Å². The summed E-state index contributed by atoms with van der Waals surface area (Å²) in [7, 11) is 0. The SMILES string of the molecule is N#Cc1ccc(CCNC(C(=O)Nc2ccc(-c3ccc(CC(=O)N4CCC(CN5CCN(c6ccc(NC7CCC(=O)NC7=O)cc6F)CC5)CC4)cc3)cn2)c2ccccc2)cc1. The maximum absolute atomic E-state index is 15.2. The molecule has 4 aromatic carbocycles. The highest BCUT2D eigenvalue weighted by Crippen LogP contribution is 2.27. The predicted octanol–water partition coefficient (Wildman–Crippen LogP) is 6.09. The van der Waals surface area contributed by atoms with Gasteiger partial charge in [-0.05, 0) is 96.3 Å². The van der Waals surface area contributed by atoms with E-state index >= 15 is 4.39 Å². The fourth-order valence-electron chi connectivity index (χ4n) is 8.84. The molecule has 334 valence electrons. The van der Waals surface area contributed by atoms with Gasteiger partial charge in [-0.1, -0.05) is 66.7 Å². The summed E-state index contributed by atoms with van der Waals surface area (Å²) in [4.78, 5) is 61.5. The minimum absolute atomic E-state index is 0.129. The third-order valence-corrected chi connectivity index (χ3v) is 12.6. The van der Waals surface area contributed by atoms with Crippen molar-refractivity contribution in [1.29, 1.82) is 5.26 Å². The van der Waals surface area contributed by atoms with Crippen LogP contribution < -0.4 is 26.2 Å². The number of piperazine rings is 1. The number of amides is 4. The summed E-state index contributed by atoms with van der Waals surface area (Å²) >= 11 is 0. The molecule has 14 heteroatoms. The largest absolute Gasteiger partial charge is 0.374 e. The van der Waals surface area contributed by atoms with E-state index in [9.17, 15) is 19.2 Å². The number of rotatable bonds is 15. The van der Waals surface area contributed by atoms with Gasteiger partial charge in [-0.3, -0.25) is 29.4 Å². The molecule has 2 atom stereocenters. The minimum Gasteiger partial charge on any atom is -0.374 e. The number of imide groups is 1. The number of carbonyl (C=O) groups is 4. The van der Waals surface area contributed by atoms with E-state index in [0.29, 0.717) is 67.6 Å². The molecule has 0 aliphatic carbocycles. The summed E-state index contributed by atoms with van der Waals surface area (Å²) in [6, 6.07) is 34.7. The number of nitrogens with zero attached hydrogens (tertiary/aromatic N) is 5. The Morgan fingerprint density at radius 2 is 1.55 bits per heavy atom. The first-order valence-corrected chi connectivity index (χ1v) is 22.5. The number of anilines is 3. The zero-order valence-electron chi connectivity index (χ0n) is 36.3. The number of hydrogen-bond acceptors (Lipinski definition) is 10. The Balaban J connectivity index is 0.754. The Kier molecular flexibility index (Phi) is 14.5. The quantitative estimate of drug-likeness (QED) is 0.0906. The van der Waals surface area contributed by atoms with Gasteiger partial charge in [0.2, 0.25) is 23.6 Å². The van der Waals surface area contributed by atoms with Crippen molar-refractivity contribution < 1.29 is 23.6 Å². The molecule has 13 nitrogen and oxygen atoms in total. The van der Waals surface area contributed by atoms with E-state index in [1.54, 1.807) is 36.5 Å². The standard InChI is InChI=1S/C51H54FN9O4/c52-43-31-42(56-44-16-19-47(62)58-50(44)64)15-17-45(43)60-28-26-59(27-29-60)34-38-21-24-61(25-22-38)48(63)30-36-10-12-39(13-11-36)41-14-18-46(55-33-41)57-51(65)49(40-4-2-1-3-5-40)54-23-20-35-6-8-37(32-53)9-7-35/h1-15,17-18,31,33,38,44,49,54,56H,16,19-30,34H2,(H,55,57,65)(H,58,62,64). The van der Waals surface area contributed by atoms with Crippen LogP contribution in [0.1, 0.15) is 54.0 Å². The Bertz CT molecular complexity index is 2480. The number of nitrogens with one attached hydrogen (secondary N) is 4. The van der Waals surface area contributed by atoms with E-state index in [4.69, 9.17) is 5.26 Å². The Morgan fingerprint density at radius 1 is 0.831 bits per heavy atom. The lowest BCUT2D eigenvalue weighted by atomic mass is 9.95. The lowest BCUT2D eigenvalue weighted by Gasteiger charge is -2.39. The normalized spacial score (nSPS) is 17.5. The maximum atomic E-state index is 15.2. The van der Waals surface area contributed by atoms with Crippen molar-refractivity contribution in [2.45, 2.75) is 50.6 Å². The molecule has 3 aliphatic heterocycles. The van der Waals surface area contributed by atoms with Gasteiger partial charge in [-0.25, -0.2) is 9.37 Å². The number of benzene rings is 4. The average Bonchev–Trinajstić information content (AvgIpc) is 3.33. The van der Waals surface area contributed by atoms with Gasteiger partial charge >= 0.3 is 0 Å². The molecular weight excluding hydrogens is 822 g/mol. The van der Waals surface area contributed by atoms with E-state index in [1.165, 1.54) is 6.07 Å². The number of piperidine rings is 2. The van der Waals surface area contributed by atoms with E-state index in [1.807, 2.05) is 77.7 Å². The zero-order valence-corrected chi connectivity index (χ0v) is 36.3. The molecule has 65 heavy (non-hydrogen) atoms. The van der Waals surface area contributed by atoms with Crippen LogP contribution in [0.15, 0.2) is 115 Å². The van der Waals surface area contributed by atoms with Gasteiger partial charge in [-0.15, -0.1) is 0 Å². The summed E-state index contributed by atoms with van der Waals surface area (Å²) in [5.41, 5.74) is 6.40. The smallest absolute Gasteiger partial charge is 0.249 e. The highest BCUT2D eigenvalue weighted by atomic mass is 19.1. The lowest BCUT2D eigenvalue weighted by molar-refractivity contribution is -0.134. The summed E-state index contributed by atoms with van der Waals surface area (Å²) in [5, 5.41) is 20.8. The number of aromatic nitrogens is 1. The van der Waals surface area contributed by atoms with Crippen molar-refractivity contribution in [2.24, 2.45) is 5.92 Å². The molecule has 0 radical (unpaired) electrons. The molecule has 4 heterocycles. The van der Waals surface area contributed by atoms with Crippen molar-refractivity contribution in [3.63, 3.8) is 0 Å². The van der Waals surface area contributed by atoms with Gasteiger partial charge in [0, 0.05) is 76.2 Å². The lowest BCUT2D eigenvalue weighted by Crippen LogP contribution is -2.49. The number of likely N-dealkylation sites (tertiary alicyclic amines) is 1. The number of halogens is 1. The van der Waals surface area contributed by atoms with Crippen molar-refractivity contribution in [2.75, 3.05) is 67.9 Å². The Hall–Kier alpha value is -6.95. The van der Waals surface area contributed by atoms with Gasteiger partial charge in [-0.2, -0.15) is 5.26 Å². The van der Waals surface area contributed by atoms with Gasteiger partial charge in [0.05, 0.1) is 23.7 Å². The summed E-state index contributed by atoms with van der Waals surface area (Å²) in [6.45, 7) is 6.09. The third-order valence-electron chi connectivity index (χ3n) is 12.6. The van der Waals surface area contributed by atoms with Crippen molar-refractivity contribution in [3.05, 3.63) is 143 Å². The van der Waals surface area contributed by atoms with E-state index in [0.717, 1.165) is 73.4 Å². The summed E-state index contributed by atoms with van der Waals surface area (Å²) < 4.78 is 15.2. The van der Waals surface area contributed by atoms with Crippen LogP contribution in [-0.2, 0) is 32.0 Å². The molecule has 4 N–H and O–H groups in total. The fourth-order valence-corrected chi connectivity index (χ4v) is 8.84. The summed E-state index contributed by atoms with van der Waals surface area (Å²) in [5.74, 6) is -0.153. The minimum atomic E-state index is -0.586. The average molecular weight is 876 g/mol. The third kappa shape index (κ3) is 11.8. The van der Waals surface area contributed by atoms with Crippen molar-refractivity contribution in [3.8, 4) is 17.2 Å². The van der Waals surface area contributed by atoms with E-state index in [-0.39, 0.29) is 35.9 Å². The Labute approximate surface area is 379 Å². The zero-order chi connectivity index (χ0) is 45.1. The molecule has 0 spiro atoms. The second-order valence-corrected chi connectivity index (χ2v) is 17.1. The van der Waals surface area contributed by atoms with Crippen molar-refractivity contribution in [1.82, 2.24) is 25.4 Å². The monoisotopic (exact) mass is 875 g/mol. The second-order valence-electron chi connectivity index (χ2n) is 17.1. The molecule has 3 aliphatic rings. The van der Waals surface area contributed by atoms with Crippen LogP contribution in [0.3, 0.4) is 0 Å².